The molecule has 31 heavy (non-hydrogen) atoms. The average molecular weight is 421 g/mol. The first-order valence-corrected chi connectivity index (χ1v) is 10.9. The number of aliphatic hydroxyl groups excluding tert-OH is 1. The van der Waals surface area contributed by atoms with E-state index < -0.39 is 0 Å². The van der Waals surface area contributed by atoms with Gasteiger partial charge in [-0.15, -0.1) is 0 Å². The first-order chi connectivity index (χ1) is 15.1. The van der Waals surface area contributed by atoms with Crippen LogP contribution in [0.1, 0.15) is 37.3 Å². The molecule has 2 aromatic carbocycles. The molecule has 0 saturated carbocycles. The summed E-state index contributed by atoms with van der Waals surface area (Å²) in [5, 5.41) is 17.7. The maximum atomic E-state index is 12.3. The Balaban J connectivity index is 1.72. The Labute approximate surface area is 182 Å². The second kappa shape index (κ2) is 7.98. The number of hydrogen-bond donors (Lipinski definition) is 3. The Morgan fingerprint density at radius 1 is 1.23 bits per heavy atom. The molecule has 0 spiro atoms. The number of benzene rings is 2. The maximum Gasteiger partial charge on any atom is 0.262 e. The summed E-state index contributed by atoms with van der Waals surface area (Å²) in [4.78, 5) is 14.3. The summed E-state index contributed by atoms with van der Waals surface area (Å²) < 4.78 is 6.08. The number of hydrogen-bond acceptors (Lipinski definition) is 6. The van der Waals surface area contributed by atoms with Crippen LogP contribution in [0.15, 0.2) is 41.5 Å². The molecule has 5 rings (SSSR count). The zero-order chi connectivity index (χ0) is 21.5. The Morgan fingerprint density at radius 3 is 2.87 bits per heavy atom. The number of nitrogens with one attached hydrogen (secondary N) is 2. The van der Waals surface area contributed by atoms with Crippen LogP contribution in [0.3, 0.4) is 0 Å². The lowest BCUT2D eigenvalue weighted by molar-refractivity contribution is -0.122. The zero-order valence-corrected chi connectivity index (χ0v) is 17.9. The molecule has 1 saturated heterocycles. The van der Waals surface area contributed by atoms with Crippen molar-refractivity contribution in [2.24, 2.45) is 11.0 Å². The quantitative estimate of drug-likeness (QED) is 0.711. The molecule has 162 valence electrons. The Morgan fingerprint density at radius 2 is 2.06 bits per heavy atom. The molecule has 3 N–H and O–H groups in total. The summed E-state index contributed by atoms with van der Waals surface area (Å²) in [6.45, 7) is 6.39. The highest BCUT2D eigenvalue weighted by Gasteiger charge is 2.37. The molecule has 0 aromatic heterocycles. The third-order valence-corrected chi connectivity index (χ3v) is 6.75. The molecular weight excluding hydrogens is 392 g/mol. The molecule has 1 fully saturated rings. The van der Waals surface area contributed by atoms with Crippen molar-refractivity contribution in [1.82, 2.24) is 10.7 Å². The molecule has 3 heterocycles. The van der Waals surface area contributed by atoms with Gasteiger partial charge in [0.2, 0.25) is 0 Å². The van der Waals surface area contributed by atoms with Gasteiger partial charge in [-0.05, 0) is 72.7 Å². The van der Waals surface area contributed by atoms with E-state index in [0.29, 0.717) is 24.3 Å². The highest BCUT2D eigenvalue weighted by molar-refractivity contribution is 6.09. The third-order valence-electron chi connectivity index (χ3n) is 6.75. The Hall–Kier alpha value is -2.90. The number of piperidine rings is 1. The van der Waals surface area contributed by atoms with Gasteiger partial charge in [-0.1, -0.05) is 31.2 Å². The fraction of sp³-hybridized carbons (Fsp3) is 0.417. The van der Waals surface area contributed by atoms with Crippen molar-refractivity contribution in [2.75, 3.05) is 24.6 Å². The molecule has 3 aliphatic heterocycles. The minimum absolute atomic E-state index is 0.0184. The van der Waals surface area contributed by atoms with Crippen LogP contribution in [0.5, 0.6) is 5.75 Å². The number of fused-ring (bicyclic) bond motifs is 3. The van der Waals surface area contributed by atoms with Crippen LogP contribution >= 0.6 is 0 Å². The van der Waals surface area contributed by atoms with Gasteiger partial charge in [-0.25, -0.2) is 5.43 Å². The fourth-order valence-electron chi connectivity index (χ4n) is 5.02. The highest BCUT2D eigenvalue weighted by Crippen LogP contribution is 2.45. The number of carbonyl (C=O) groups is 1. The Kier molecular flexibility index (Phi) is 5.16. The summed E-state index contributed by atoms with van der Waals surface area (Å²) in [6.07, 6.45) is 1.03. The molecular formula is C24H28N4O3. The monoisotopic (exact) mass is 420 g/mol. The molecule has 0 bridgehead atoms. The van der Waals surface area contributed by atoms with E-state index in [0.717, 1.165) is 47.6 Å². The first kappa shape index (κ1) is 20.0. The fourth-order valence-corrected chi connectivity index (χ4v) is 5.02. The van der Waals surface area contributed by atoms with Crippen molar-refractivity contribution >= 4 is 17.4 Å². The predicted octanol–water partition coefficient (Wildman–Crippen LogP) is 2.59. The number of hydrazone groups is 1. The minimum atomic E-state index is -0.357. The number of aliphatic hydroxyl groups is 1. The van der Waals surface area contributed by atoms with Gasteiger partial charge in [0.25, 0.3) is 5.91 Å². The van der Waals surface area contributed by atoms with Gasteiger partial charge in [-0.2, -0.15) is 5.10 Å². The summed E-state index contributed by atoms with van der Waals surface area (Å²) in [5.41, 5.74) is 7.73. The van der Waals surface area contributed by atoms with E-state index >= 15 is 0 Å². The Bertz CT molecular complexity index is 1050. The van der Waals surface area contributed by atoms with Crippen molar-refractivity contribution in [3.05, 3.63) is 47.5 Å². The largest absolute Gasteiger partial charge is 0.483 e. The molecule has 3 atom stereocenters. The molecule has 1 amide bonds. The van der Waals surface area contributed by atoms with Crippen LogP contribution in [0, 0.1) is 5.92 Å². The van der Waals surface area contributed by atoms with E-state index in [4.69, 9.17) is 4.74 Å². The lowest BCUT2D eigenvalue weighted by Gasteiger charge is -2.39. The summed E-state index contributed by atoms with van der Waals surface area (Å²) in [5.74, 6) is 2.17. The molecule has 2 aromatic rings. The molecule has 0 aliphatic carbocycles. The van der Waals surface area contributed by atoms with Crippen molar-refractivity contribution in [3.63, 3.8) is 0 Å². The SMILES string of the molecule is CC1CNCCC1c1cc2c(cc1-c1ccccc1CO)OCC1=NNC(=O)C(C)N12. The van der Waals surface area contributed by atoms with E-state index in [1.807, 2.05) is 30.0 Å². The normalized spacial score (nSPS) is 25.1. The zero-order valence-electron chi connectivity index (χ0n) is 17.9. The number of anilines is 1. The number of ether oxygens (including phenoxy) is 1. The van der Waals surface area contributed by atoms with E-state index in [-0.39, 0.29) is 18.6 Å². The summed E-state index contributed by atoms with van der Waals surface area (Å²) in [7, 11) is 0. The van der Waals surface area contributed by atoms with E-state index in [2.05, 4.69) is 41.0 Å². The summed E-state index contributed by atoms with van der Waals surface area (Å²) in [6, 6.07) is 11.9. The second-order valence-corrected chi connectivity index (χ2v) is 8.64. The van der Waals surface area contributed by atoms with Gasteiger partial charge < -0.3 is 20.1 Å². The minimum Gasteiger partial charge on any atom is -0.483 e. The number of carbonyl (C=O) groups excluding carboxylic acids is 1. The van der Waals surface area contributed by atoms with Gasteiger partial charge in [0.05, 0.1) is 12.3 Å². The standard InChI is InChI=1S/C24H28N4O3/c1-14-11-25-8-7-17(14)19-9-21-22(10-20(19)18-6-4-3-5-16(18)12-29)31-13-23-26-27-24(30)15(2)28(21)23/h3-6,9-10,14-15,17,25,29H,7-8,11-13H2,1-2H3,(H,27,30). The smallest absolute Gasteiger partial charge is 0.262 e. The second-order valence-electron chi connectivity index (χ2n) is 8.64. The number of rotatable bonds is 3. The van der Waals surface area contributed by atoms with Crippen LogP contribution in [0.25, 0.3) is 11.1 Å². The van der Waals surface area contributed by atoms with Crippen molar-refractivity contribution < 1.29 is 14.6 Å². The molecule has 0 radical (unpaired) electrons. The van der Waals surface area contributed by atoms with Crippen LogP contribution in [0.4, 0.5) is 5.69 Å². The van der Waals surface area contributed by atoms with Crippen LogP contribution < -0.4 is 20.4 Å². The molecule has 3 unspecified atom stereocenters. The van der Waals surface area contributed by atoms with E-state index in [1.54, 1.807) is 0 Å². The maximum absolute atomic E-state index is 12.3. The van der Waals surface area contributed by atoms with Crippen LogP contribution in [-0.2, 0) is 11.4 Å². The highest BCUT2D eigenvalue weighted by atomic mass is 16.5. The third kappa shape index (κ3) is 3.38. The molecule has 3 aliphatic rings. The first-order valence-electron chi connectivity index (χ1n) is 10.9. The molecule has 7 nitrogen and oxygen atoms in total. The van der Waals surface area contributed by atoms with Gasteiger partial charge in [0.15, 0.2) is 5.84 Å². The average Bonchev–Trinajstić information content (AvgIpc) is 2.80. The topological polar surface area (TPSA) is 86.2 Å². The lowest BCUT2D eigenvalue weighted by atomic mass is 9.78. The van der Waals surface area contributed by atoms with E-state index in [9.17, 15) is 9.90 Å². The van der Waals surface area contributed by atoms with Gasteiger partial charge in [0, 0.05) is 0 Å². The van der Waals surface area contributed by atoms with E-state index in [1.165, 1.54) is 5.56 Å². The number of amides is 1. The predicted molar refractivity (Wildman–Crippen MR) is 120 cm³/mol. The van der Waals surface area contributed by atoms with Gasteiger partial charge in [0.1, 0.15) is 18.4 Å². The van der Waals surface area contributed by atoms with Crippen LogP contribution in [-0.4, -0.2) is 42.6 Å². The van der Waals surface area contributed by atoms with Crippen molar-refractivity contribution in [2.45, 2.75) is 38.8 Å². The van der Waals surface area contributed by atoms with Crippen molar-refractivity contribution in [3.8, 4) is 16.9 Å². The van der Waals surface area contributed by atoms with Crippen LogP contribution in [0.2, 0.25) is 0 Å². The summed E-state index contributed by atoms with van der Waals surface area (Å²) >= 11 is 0. The van der Waals surface area contributed by atoms with Crippen molar-refractivity contribution in [1.29, 1.82) is 0 Å². The van der Waals surface area contributed by atoms with Gasteiger partial charge in [-0.3, -0.25) is 4.79 Å². The number of nitrogens with zero attached hydrogens (tertiary/aromatic N) is 2. The number of amidine groups is 1. The molecule has 7 heteroatoms. The lowest BCUT2D eigenvalue weighted by Crippen LogP contribution is -2.55. The van der Waals surface area contributed by atoms with Gasteiger partial charge >= 0.3 is 0 Å².